The van der Waals surface area contributed by atoms with E-state index < -0.39 is 0 Å². The normalized spacial score (nSPS) is 15.9. The third-order valence-electron chi connectivity index (χ3n) is 2.24. The summed E-state index contributed by atoms with van der Waals surface area (Å²) in [4.78, 5) is 8.99. The Morgan fingerprint density at radius 2 is 1.40 bits per heavy atom. The molecule has 0 aliphatic carbocycles. The van der Waals surface area contributed by atoms with Gasteiger partial charge < -0.3 is 0 Å². The largest absolute Gasteiger partial charge is 0.257 e. The molecule has 2 nitrogen and oxygen atoms in total. The summed E-state index contributed by atoms with van der Waals surface area (Å²) >= 11 is 0. The van der Waals surface area contributed by atoms with Crippen molar-refractivity contribution in [2.45, 2.75) is 48.0 Å². The van der Waals surface area contributed by atoms with E-state index in [1.54, 1.807) is 0 Å². The number of nitrogens with zero attached hydrogens (tertiary/aromatic N) is 2. The minimum absolute atomic E-state index is 0.914. The number of hydrogen-bond acceptors (Lipinski definition) is 2. The van der Waals surface area contributed by atoms with Gasteiger partial charge in [-0.25, -0.2) is 0 Å². The van der Waals surface area contributed by atoms with E-state index >= 15 is 0 Å². The van der Waals surface area contributed by atoms with Crippen LogP contribution >= 0.6 is 0 Å². The molecule has 0 saturated heterocycles. The molecule has 0 heterocycles. The van der Waals surface area contributed by atoms with Crippen molar-refractivity contribution < 1.29 is 0 Å². The van der Waals surface area contributed by atoms with Gasteiger partial charge in [-0.3, -0.25) is 9.98 Å². The van der Waals surface area contributed by atoms with Gasteiger partial charge in [0, 0.05) is 11.4 Å². The summed E-state index contributed by atoms with van der Waals surface area (Å²) in [5.41, 5.74) is 4.15. The van der Waals surface area contributed by atoms with E-state index in [1.807, 2.05) is 46.8 Å². The Morgan fingerprint density at radius 3 is 1.80 bits per heavy atom. The standard InChI is InChI=1S/C13H22N2/c1-7-10(4)14-12(6)13(9-3)15-11(5)8-2/h7-8H,9H2,1-6H3/b10-7-,11-8-,14-12?,15-13?. The van der Waals surface area contributed by atoms with Crippen molar-refractivity contribution >= 4 is 11.4 Å². The van der Waals surface area contributed by atoms with Gasteiger partial charge in [0.05, 0.1) is 11.4 Å². The fraction of sp³-hybridized carbons (Fsp3) is 0.538. The molecule has 0 aliphatic rings. The Kier molecular flexibility index (Phi) is 6.59. The van der Waals surface area contributed by atoms with E-state index in [1.165, 1.54) is 0 Å². The van der Waals surface area contributed by atoms with Crippen LogP contribution in [-0.4, -0.2) is 11.4 Å². The molecule has 0 bridgehead atoms. The minimum atomic E-state index is 0.914. The molecule has 0 radical (unpaired) electrons. The van der Waals surface area contributed by atoms with Gasteiger partial charge in [0.25, 0.3) is 0 Å². The maximum Gasteiger partial charge on any atom is 0.0615 e. The second-order valence-corrected chi connectivity index (χ2v) is 3.47. The van der Waals surface area contributed by atoms with Crippen LogP contribution in [-0.2, 0) is 0 Å². The summed E-state index contributed by atoms with van der Waals surface area (Å²) in [6, 6.07) is 0. The Labute approximate surface area is 93.5 Å². The van der Waals surface area contributed by atoms with Gasteiger partial charge in [-0.2, -0.15) is 0 Å². The van der Waals surface area contributed by atoms with Gasteiger partial charge in [-0.1, -0.05) is 19.1 Å². The van der Waals surface area contributed by atoms with Crippen molar-refractivity contribution in [3.8, 4) is 0 Å². The van der Waals surface area contributed by atoms with Crippen LogP contribution in [0.5, 0.6) is 0 Å². The highest BCUT2D eigenvalue weighted by Gasteiger charge is 2.01. The van der Waals surface area contributed by atoms with E-state index in [0.717, 1.165) is 29.2 Å². The monoisotopic (exact) mass is 206 g/mol. The second-order valence-electron chi connectivity index (χ2n) is 3.47. The van der Waals surface area contributed by atoms with Crippen LogP contribution in [0.2, 0.25) is 0 Å². The van der Waals surface area contributed by atoms with Gasteiger partial charge >= 0.3 is 0 Å². The van der Waals surface area contributed by atoms with Gasteiger partial charge in [0.15, 0.2) is 0 Å². The van der Waals surface area contributed by atoms with Gasteiger partial charge in [-0.05, 0) is 41.0 Å². The summed E-state index contributed by atoms with van der Waals surface area (Å²) in [5, 5.41) is 0. The molecular formula is C13H22N2. The summed E-state index contributed by atoms with van der Waals surface area (Å²) in [6.07, 6.45) is 4.92. The van der Waals surface area contributed by atoms with Crippen LogP contribution < -0.4 is 0 Å². The van der Waals surface area contributed by atoms with Crippen molar-refractivity contribution in [2.24, 2.45) is 9.98 Å². The lowest BCUT2D eigenvalue weighted by Crippen LogP contribution is -2.09. The van der Waals surface area contributed by atoms with Gasteiger partial charge in [-0.15, -0.1) is 0 Å². The zero-order valence-corrected chi connectivity index (χ0v) is 10.8. The molecule has 0 unspecified atom stereocenters. The average molecular weight is 206 g/mol. The number of aliphatic imine (C=N–C) groups is 2. The number of hydrogen-bond donors (Lipinski definition) is 0. The molecule has 0 fully saturated rings. The molecule has 84 valence electrons. The maximum atomic E-state index is 4.52. The molecule has 15 heavy (non-hydrogen) atoms. The first kappa shape index (κ1) is 13.8. The highest BCUT2D eigenvalue weighted by molar-refractivity contribution is 6.41. The van der Waals surface area contributed by atoms with Crippen LogP contribution in [0.15, 0.2) is 33.5 Å². The van der Waals surface area contributed by atoms with Crippen molar-refractivity contribution in [2.75, 3.05) is 0 Å². The van der Waals surface area contributed by atoms with Crippen LogP contribution in [0.1, 0.15) is 48.0 Å². The fourth-order valence-corrected chi connectivity index (χ4v) is 1.09. The molecule has 2 heteroatoms. The lowest BCUT2D eigenvalue weighted by atomic mass is 10.2. The van der Waals surface area contributed by atoms with Crippen molar-refractivity contribution in [3.05, 3.63) is 23.5 Å². The Morgan fingerprint density at radius 1 is 0.933 bits per heavy atom. The van der Waals surface area contributed by atoms with Crippen LogP contribution in [0.3, 0.4) is 0 Å². The molecule has 0 rings (SSSR count). The fourth-order valence-electron chi connectivity index (χ4n) is 1.09. The predicted molar refractivity (Wildman–Crippen MR) is 69.7 cm³/mol. The molecule has 0 aromatic heterocycles. The Bertz CT molecular complexity index is 317. The lowest BCUT2D eigenvalue weighted by Gasteiger charge is -2.04. The molecule has 0 aromatic carbocycles. The van der Waals surface area contributed by atoms with Gasteiger partial charge in [0.2, 0.25) is 0 Å². The summed E-state index contributed by atoms with van der Waals surface area (Å²) < 4.78 is 0. The second kappa shape index (κ2) is 7.16. The molecule has 0 aromatic rings. The summed E-state index contributed by atoms with van der Waals surface area (Å²) in [7, 11) is 0. The summed E-state index contributed by atoms with van der Waals surface area (Å²) in [6.45, 7) is 12.1. The predicted octanol–water partition coefficient (Wildman–Crippen LogP) is 4.15. The lowest BCUT2D eigenvalue weighted by molar-refractivity contribution is 1.21. The average Bonchev–Trinajstić information content (AvgIpc) is 2.24. The molecule has 0 spiro atoms. The van der Waals surface area contributed by atoms with Crippen LogP contribution in [0.25, 0.3) is 0 Å². The van der Waals surface area contributed by atoms with Crippen molar-refractivity contribution in [1.82, 2.24) is 0 Å². The maximum absolute atomic E-state index is 4.52. The molecule has 0 amide bonds. The molecular weight excluding hydrogens is 184 g/mol. The number of rotatable bonds is 4. The molecule has 0 N–H and O–H groups in total. The molecule has 0 aliphatic heterocycles. The third kappa shape index (κ3) is 5.31. The van der Waals surface area contributed by atoms with E-state index in [-0.39, 0.29) is 0 Å². The van der Waals surface area contributed by atoms with E-state index in [9.17, 15) is 0 Å². The topological polar surface area (TPSA) is 24.7 Å². The van der Waals surface area contributed by atoms with Crippen molar-refractivity contribution in [3.63, 3.8) is 0 Å². The first-order chi connectivity index (χ1) is 7.04. The third-order valence-corrected chi connectivity index (χ3v) is 2.24. The Balaban J connectivity index is 5.00. The van der Waals surface area contributed by atoms with Crippen LogP contribution in [0.4, 0.5) is 0 Å². The summed E-state index contributed by atoms with van der Waals surface area (Å²) in [5.74, 6) is 0. The Hall–Kier alpha value is -1.18. The zero-order valence-electron chi connectivity index (χ0n) is 10.8. The first-order valence-electron chi connectivity index (χ1n) is 5.44. The minimum Gasteiger partial charge on any atom is -0.257 e. The van der Waals surface area contributed by atoms with E-state index in [2.05, 4.69) is 16.9 Å². The van der Waals surface area contributed by atoms with Gasteiger partial charge in [0.1, 0.15) is 0 Å². The number of allylic oxidation sites excluding steroid dienone is 4. The van der Waals surface area contributed by atoms with Crippen LogP contribution in [0, 0.1) is 0 Å². The molecule has 0 saturated carbocycles. The van der Waals surface area contributed by atoms with E-state index in [4.69, 9.17) is 0 Å². The highest BCUT2D eigenvalue weighted by atomic mass is 14.8. The van der Waals surface area contributed by atoms with E-state index in [0.29, 0.717) is 0 Å². The zero-order chi connectivity index (χ0) is 11.8. The molecule has 0 atom stereocenters. The quantitative estimate of drug-likeness (QED) is 0.617. The highest BCUT2D eigenvalue weighted by Crippen LogP contribution is 2.02. The van der Waals surface area contributed by atoms with Crippen molar-refractivity contribution in [1.29, 1.82) is 0 Å². The first-order valence-corrected chi connectivity index (χ1v) is 5.44. The smallest absolute Gasteiger partial charge is 0.0615 e. The SMILES string of the molecule is C/C=C(/C)N=C(C)C(CC)=N/C(C)=C\C.